The Bertz CT molecular complexity index is 952. The summed E-state index contributed by atoms with van der Waals surface area (Å²) in [5, 5.41) is 43.0. The molecule has 29 heavy (non-hydrogen) atoms. The van der Waals surface area contributed by atoms with Gasteiger partial charge >= 0.3 is 0 Å². The minimum absolute atomic E-state index is 0.0773. The van der Waals surface area contributed by atoms with Gasteiger partial charge in [0.2, 0.25) is 5.78 Å². The maximum absolute atomic E-state index is 13.3. The van der Waals surface area contributed by atoms with Crippen LogP contribution in [0.1, 0.15) is 38.8 Å². The molecule has 1 unspecified atom stereocenters. The molecule has 0 amide bonds. The van der Waals surface area contributed by atoms with Crippen molar-refractivity contribution in [2.45, 2.75) is 50.5 Å². The first-order valence-electron chi connectivity index (χ1n) is 9.20. The molecule has 0 aliphatic carbocycles. The molecule has 0 spiro atoms. The molecule has 2 aromatic rings. The molecule has 0 radical (unpaired) electrons. The Morgan fingerprint density at radius 1 is 0.966 bits per heavy atom. The molecule has 1 aliphatic rings. The van der Waals surface area contributed by atoms with Crippen LogP contribution >= 0.6 is 0 Å². The lowest BCUT2D eigenvalue weighted by Crippen LogP contribution is -2.65. The normalized spacial score (nSPS) is 30.2. The van der Waals surface area contributed by atoms with Gasteiger partial charge in [0.25, 0.3) is 0 Å². The molecule has 1 heterocycles. The van der Waals surface area contributed by atoms with E-state index in [-0.39, 0.29) is 11.1 Å². The molecule has 3 rings (SSSR count). The van der Waals surface area contributed by atoms with Crippen LogP contribution in [0.25, 0.3) is 0 Å². The monoisotopic (exact) mass is 400 g/mol. The van der Waals surface area contributed by atoms with Crippen molar-refractivity contribution in [3.63, 3.8) is 0 Å². The van der Waals surface area contributed by atoms with Crippen LogP contribution in [0.2, 0.25) is 0 Å². The van der Waals surface area contributed by atoms with E-state index < -0.39 is 41.3 Å². The number of benzene rings is 2. The molecule has 1 fully saturated rings. The number of ketones is 2. The summed E-state index contributed by atoms with van der Waals surface area (Å²) in [6.07, 6.45) is -5.88. The number of aryl methyl sites for hydroxylation is 2. The van der Waals surface area contributed by atoms with Gasteiger partial charge in [-0.2, -0.15) is 0 Å². The third kappa shape index (κ3) is 3.21. The predicted molar refractivity (Wildman–Crippen MR) is 103 cm³/mol. The molecule has 0 bridgehead atoms. The third-order valence-corrected chi connectivity index (χ3v) is 5.64. The Morgan fingerprint density at radius 2 is 1.45 bits per heavy atom. The van der Waals surface area contributed by atoms with E-state index in [1.807, 2.05) is 0 Å². The van der Waals surface area contributed by atoms with Crippen LogP contribution in [0.3, 0.4) is 0 Å². The van der Waals surface area contributed by atoms with Crippen LogP contribution in [-0.4, -0.2) is 61.7 Å². The van der Waals surface area contributed by atoms with E-state index in [0.29, 0.717) is 11.1 Å². The number of carbonyl (C=O) groups excluding carboxylic acids is 2. The standard InChI is InChI=1S/C22H24O7/c1-12-8-4-6-10-14(12)16(23)17(24)19-22(28,21(3,27)20(26)29-19)18(25)15-11-7-5-9-13(15)2/h4-11,17,19-20,24,26-28H,1-3H3/t17?,19-,20+,21+,22-/m1/s1. The van der Waals surface area contributed by atoms with Crippen LogP contribution in [0.5, 0.6) is 0 Å². The van der Waals surface area contributed by atoms with E-state index >= 15 is 0 Å². The summed E-state index contributed by atoms with van der Waals surface area (Å²) < 4.78 is 5.18. The van der Waals surface area contributed by atoms with Gasteiger partial charge in [-0.3, -0.25) is 9.59 Å². The lowest BCUT2D eigenvalue weighted by molar-refractivity contribution is -0.176. The molecular formula is C22H24O7. The molecule has 4 N–H and O–H groups in total. The number of rotatable bonds is 5. The van der Waals surface area contributed by atoms with E-state index in [9.17, 15) is 30.0 Å². The number of Topliss-reactive ketones (excluding diaryl/α,β-unsaturated/α-hetero) is 2. The molecule has 1 aliphatic heterocycles. The summed E-state index contributed by atoms with van der Waals surface area (Å²) in [4.78, 5) is 26.1. The van der Waals surface area contributed by atoms with Crippen molar-refractivity contribution in [3.8, 4) is 0 Å². The number of aliphatic hydroxyl groups is 4. The molecule has 2 aromatic carbocycles. The molecular weight excluding hydrogens is 376 g/mol. The summed E-state index contributed by atoms with van der Waals surface area (Å²) in [5.74, 6) is -1.76. The van der Waals surface area contributed by atoms with Gasteiger partial charge in [0.15, 0.2) is 23.3 Å². The molecule has 7 heteroatoms. The van der Waals surface area contributed by atoms with Gasteiger partial charge < -0.3 is 25.2 Å². The minimum Gasteiger partial charge on any atom is -0.382 e. The van der Waals surface area contributed by atoms with Crippen LogP contribution in [-0.2, 0) is 4.74 Å². The second-order valence-corrected chi connectivity index (χ2v) is 7.59. The number of ether oxygens (including phenoxy) is 1. The summed E-state index contributed by atoms with van der Waals surface area (Å²) in [5.41, 5.74) is -3.89. The molecule has 5 atom stereocenters. The fourth-order valence-electron chi connectivity index (χ4n) is 3.69. The lowest BCUT2D eigenvalue weighted by Gasteiger charge is -2.37. The van der Waals surface area contributed by atoms with Gasteiger partial charge in [0, 0.05) is 11.1 Å². The van der Waals surface area contributed by atoms with Gasteiger partial charge in [-0.25, -0.2) is 0 Å². The summed E-state index contributed by atoms with van der Waals surface area (Å²) >= 11 is 0. The quantitative estimate of drug-likeness (QED) is 0.551. The third-order valence-electron chi connectivity index (χ3n) is 5.64. The first kappa shape index (κ1) is 21.3. The van der Waals surface area contributed by atoms with Gasteiger partial charge in [-0.05, 0) is 31.9 Å². The zero-order valence-corrected chi connectivity index (χ0v) is 16.4. The van der Waals surface area contributed by atoms with Gasteiger partial charge in [-0.1, -0.05) is 48.5 Å². The second-order valence-electron chi connectivity index (χ2n) is 7.59. The maximum atomic E-state index is 13.3. The van der Waals surface area contributed by atoms with E-state index in [2.05, 4.69) is 0 Å². The summed E-state index contributed by atoms with van der Waals surface area (Å²) in [7, 11) is 0. The molecule has 0 aromatic heterocycles. The van der Waals surface area contributed by atoms with Crippen LogP contribution < -0.4 is 0 Å². The fraction of sp³-hybridized carbons (Fsp3) is 0.364. The Labute approximate surface area is 168 Å². The number of aliphatic hydroxyl groups excluding tert-OH is 2. The Balaban J connectivity index is 2.07. The SMILES string of the molecule is Cc1ccccc1C(=O)C(O)[C@H]1O[C@H](O)[C@](C)(O)[C@@]1(O)C(=O)c1ccccc1C. The zero-order chi connectivity index (χ0) is 21.6. The average molecular weight is 400 g/mol. The average Bonchev–Trinajstić information content (AvgIpc) is 2.88. The molecule has 154 valence electrons. The van der Waals surface area contributed by atoms with Crippen molar-refractivity contribution in [1.29, 1.82) is 0 Å². The molecule has 0 saturated carbocycles. The van der Waals surface area contributed by atoms with E-state index in [4.69, 9.17) is 4.74 Å². The van der Waals surface area contributed by atoms with Gasteiger partial charge in [-0.15, -0.1) is 0 Å². The van der Waals surface area contributed by atoms with Crippen LogP contribution in [0.4, 0.5) is 0 Å². The highest BCUT2D eigenvalue weighted by atomic mass is 16.7. The summed E-state index contributed by atoms with van der Waals surface area (Å²) in [6, 6.07) is 12.9. The Kier molecular flexibility index (Phi) is 5.46. The minimum atomic E-state index is -2.77. The highest BCUT2D eigenvalue weighted by Crippen LogP contribution is 2.43. The number of carbonyl (C=O) groups is 2. The fourth-order valence-corrected chi connectivity index (χ4v) is 3.69. The predicted octanol–water partition coefficient (Wildman–Crippen LogP) is 0.929. The van der Waals surface area contributed by atoms with Crippen molar-refractivity contribution in [2.24, 2.45) is 0 Å². The van der Waals surface area contributed by atoms with E-state index in [1.165, 1.54) is 12.1 Å². The molecule has 7 nitrogen and oxygen atoms in total. The van der Waals surface area contributed by atoms with Crippen LogP contribution in [0.15, 0.2) is 48.5 Å². The van der Waals surface area contributed by atoms with Crippen molar-refractivity contribution in [3.05, 3.63) is 70.8 Å². The van der Waals surface area contributed by atoms with Crippen LogP contribution in [0, 0.1) is 13.8 Å². The lowest BCUT2D eigenvalue weighted by atomic mass is 9.73. The number of hydrogen-bond acceptors (Lipinski definition) is 7. The smallest absolute Gasteiger partial charge is 0.200 e. The number of hydrogen-bond donors (Lipinski definition) is 4. The van der Waals surface area contributed by atoms with E-state index in [0.717, 1.165) is 6.92 Å². The first-order chi connectivity index (χ1) is 13.5. The topological polar surface area (TPSA) is 124 Å². The first-order valence-corrected chi connectivity index (χ1v) is 9.20. The maximum Gasteiger partial charge on any atom is 0.200 e. The van der Waals surface area contributed by atoms with Gasteiger partial charge in [0.1, 0.15) is 12.2 Å². The van der Waals surface area contributed by atoms with Crippen molar-refractivity contribution in [2.75, 3.05) is 0 Å². The molecule has 1 saturated heterocycles. The second kappa shape index (κ2) is 7.44. The Hall–Kier alpha value is -2.42. The largest absolute Gasteiger partial charge is 0.382 e. The highest BCUT2D eigenvalue weighted by Gasteiger charge is 2.69. The Morgan fingerprint density at radius 3 is 1.97 bits per heavy atom. The van der Waals surface area contributed by atoms with Gasteiger partial charge in [0.05, 0.1) is 0 Å². The summed E-state index contributed by atoms with van der Waals surface area (Å²) in [6.45, 7) is 4.34. The highest BCUT2D eigenvalue weighted by molar-refractivity contribution is 6.07. The van der Waals surface area contributed by atoms with E-state index in [1.54, 1.807) is 50.2 Å². The van der Waals surface area contributed by atoms with Crippen molar-refractivity contribution >= 4 is 11.6 Å². The zero-order valence-electron chi connectivity index (χ0n) is 16.4. The van der Waals surface area contributed by atoms with Crippen molar-refractivity contribution < 1.29 is 34.8 Å². The van der Waals surface area contributed by atoms with Crippen molar-refractivity contribution in [1.82, 2.24) is 0 Å².